The first-order chi connectivity index (χ1) is 14.1. The Bertz CT molecular complexity index is 955. The van der Waals surface area contributed by atoms with Crippen molar-refractivity contribution < 1.29 is 0 Å². The van der Waals surface area contributed by atoms with Gasteiger partial charge in [0, 0.05) is 11.4 Å². The monoisotopic (exact) mass is 399 g/mol. The van der Waals surface area contributed by atoms with Crippen LogP contribution in [0.15, 0.2) is 66.8 Å². The molecule has 30 heavy (non-hydrogen) atoms. The van der Waals surface area contributed by atoms with E-state index in [-0.39, 0.29) is 5.41 Å². The highest BCUT2D eigenvalue weighted by atomic mass is 14.9. The zero-order valence-corrected chi connectivity index (χ0v) is 20.0. The maximum absolute atomic E-state index is 5.30. The molecule has 0 aromatic heterocycles. The number of nitrogens with one attached hydrogen (secondary N) is 1. The van der Waals surface area contributed by atoms with Crippen LogP contribution < -0.4 is 5.32 Å². The van der Waals surface area contributed by atoms with E-state index in [0.717, 1.165) is 22.5 Å². The Labute approximate surface area is 184 Å². The molecule has 0 heterocycles. The van der Waals surface area contributed by atoms with Crippen LogP contribution in [0.2, 0.25) is 0 Å². The van der Waals surface area contributed by atoms with Crippen molar-refractivity contribution in [2.45, 2.75) is 60.8 Å². The number of benzene rings is 2. The first kappa shape index (κ1) is 25.1. The van der Waals surface area contributed by atoms with Gasteiger partial charge >= 0.3 is 0 Å². The molecule has 0 aliphatic rings. The Morgan fingerprint density at radius 1 is 1.00 bits per heavy atom. The van der Waals surface area contributed by atoms with Crippen LogP contribution in [0.3, 0.4) is 0 Å². The highest BCUT2D eigenvalue weighted by Crippen LogP contribution is 2.29. The molecule has 0 aliphatic carbocycles. The van der Waals surface area contributed by atoms with Gasteiger partial charge in [-0.15, -0.1) is 6.42 Å². The molecule has 0 bridgehead atoms. The van der Waals surface area contributed by atoms with Crippen LogP contribution in [0.4, 0.5) is 5.69 Å². The van der Waals surface area contributed by atoms with Gasteiger partial charge in [-0.05, 0) is 77.8 Å². The number of hydrogen-bond acceptors (Lipinski definition) is 1. The molecular formula is C29H37N. The molecule has 0 saturated carbocycles. The number of rotatable bonds is 5. The minimum absolute atomic E-state index is 0.111. The molecule has 2 rings (SSSR count). The van der Waals surface area contributed by atoms with E-state index in [4.69, 9.17) is 6.42 Å². The van der Waals surface area contributed by atoms with Gasteiger partial charge in [0.1, 0.15) is 0 Å². The molecule has 0 saturated heterocycles. The zero-order chi connectivity index (χ0) is 22.9. The third-order valence-electron chi connectivity index (χ3n) is 5.03. The van der Waals surface area contributed by atoms with Crippen molar-refractivity contribution >= 4 is 17.0 Å². The van der Waals surface area contributed by atoms with Gasteiger partial charge in [0.15, 0.2) is 0 Å². The normalized spacial score (nSPS) is 11.8. The highest BCUT2D eigenvalue weighted by molar-refractivity contribution is 5.77. The minimum Gasteiger partial charge on any atom is -0.356 e. The van der Waals surface area contributed by atoms with E-state index in [2.05, 4.69) is 102 Å². The van der Waals surface area contributed by atoms with Crippen LogP contribution in [0.5, 0.6) is 0 Å². The summed E-state index contributed by atoms with van der Waals surface area (Å²) in [4.78, 5) is 0. The Morgan fingerprint density at radius 2 is 1.57 bits per heavy atom. The van der Waals surface area contributed by atoms with E-state index in [1.165, 1.54) is 22.3 Å². The Morgan fingerprint density at radius 3 is 2.10 bits per heavy atom. The lowest BCUT2D eigenvalue weighted by molar-refractivity contribution is 0.586. The molecular weight excluding hydrogens is 362 g/mol. The standard InChI is InChI=1S/C27H31N.C2H6/c1-9-10-11-19(2)21(4)23-13-15-24(16-14-23)22(5)28-25-17-12-20(3)26(18-25)27(6,7)8;1-2/h1,10-18,28H,5H2,2-4,6-8H3;1-2H3/b11-10-,21-19+;. The summed E-state index contributed by atoms with van der Waals surface area (Å²) in [5, 5.41) is 3.46. The zero-order valence-electron chi connectivity index (χ0n) is 20.0. The van der Waals surface area contributed by atoms with E-state index in [1.54, 1.807) is 6.08 Å². The van der Waals surface area contributed by atoms with Crippen LogP contribution in [0.25, 0.3) is 11.3 Å². The smallest absolute Gasteiger partial charge is 0.0387 e. The lowest BCUT2D eigenvalue weighted by Crippen LogP contribution is -2.13. The second-order valence-corrected chi connectivity index (χ2v) is 8.27. The van der Waals surface area contributed by atoms with Crippen molar-refractivity contribution in [1.29, 1.82) is 0 Å². The third-order valence-corrected chi connectivity index (χ3v) is 5.03. The van der Waals surface area contributed by atoms with E-state index >= 15 is 0 Å². The van der Waals surface area contributed by atoms with E-state index < -0.39 is 0 Å². The van der Waals surface area contributed by atoms with Crippen LogP contribution in [0, 0.1) is 19.3 Å². The van der Waals surface area contributed by atoms with E-state index in [1.807, 2.05) is 19.9 Å². The number of allylic oxidation sites excluding steroid dienone is 4. The van der Waals surface area contributed by atoms with Gasteiger partial charge in [-0.2, -0.15) is 0 Å². The fraction of sp³-hybridized carbons (Fsp3) is 0.310. The quantitative estimate of drug-likeness (QED) is 0.393. The maximum Gasteiger partial charge on any atom is 0.0387 e. The maximum atomic E-state index is 5.30. The molecule has 1 nitrogen and oxygen atoms in total. The second-order valence-electron chi connectivity index (χ2n) is 8.27. The van der Waals surface area contributed by atoms with Crippen molar-refractivity contribution in [2.24, 2.45) is 0 Å². The molecule has 1 N–H and O–H groups in total. The molecule has 0 radical (unpaired) electrons. The first-order valence-corrected chi connectivity index (χ1v) is 10.6. The number of terminal acetylenes is 1. The lowest BCUT2D eigenvalue weighted by atomic mass is 9.84. The van der Waals surface area contributed by atoms with Gasteiger partial charge in [0.25, 0.3) is 0 Å². The van der Waals surface area contributed by atoms with Gasteiger partial charge in [-0.1, -0.05) is 83.5 Å². The molecule has 158 valence electrons. The Balaban J connectivity index is 0.00000218. The molecule has 2 aromatic rings. The number of anilines is 1. The average Bonchev–Trinajstić information content (AvgIpc) is 2.73. The Kier molecular flexibility index (Phi) is 9.41. The van der Waals surface area contributed by atoms with Crippen molar-refractivity contribution in [3.8, 4) is 12.3 Å². The Hall–Kier alpha value is -2.98. The molecule has 0 fully saturated rings. The summed E-state index contributed by atoms with van der Waals surface area (Å²) in [5.74, 6) is 2.53. The molecule has 0 amide bonds. The van der Waals surface area contributed by atoms with Crippen molar-refractivity contribution in [1.82, 2.24) is 0 Å². The molecule has 2 aromatic carbocycles. The van der Waals surface area contributed by atoms with Crippen LogP contribution >= 0.6 is 0 Å². The van der Waals surface area contributed by atoms with Crippen LogP contribution in [-0.4, -0.2) is 0 Å². The number of aryl methyl sites for hydroxylation is 1. The highest BCUT2D eigenvalue weighted by Gasteiger charge is 2.16. The minimum atomic E-state index is 0.111. The van der Waals surface area contributed by atoms with Gasteiger partial charge in [0.05, 0.1) is 0 Å². The molecule has 0 spiro atoms. The fourth-order valence-electron chi connectivity index (χ4n) is 3.20. The fourth-order valence-corrected chi connectivity index (χ4v) is 3.20. The topological polar surface area (TPSA) is 12.0 Å². The summed E-state index contributed by atoms with van der Waals surface area (Å²) in [6, 6.07) is 15.0. The SMILES string of the molecule is C#C/C=C\C(C)=C(/C)c1ccc(C(=C)Nc2ccc(C)c(C(C)(C)C)c2)cc1.CC. The number of hydrogen-bond donors (Lipinski definition) is 1. The average molecular weight is 400 g/mol. The largest absolute Gasteiger partial charge is 0.356 e. The molecule has 1 heteroatoms. The van der Waals surface area contributed by atoms with Gasteiger partial charge in [-0.25, -0.2) is 0 Å². The summed E-state index contributed by atoms with van der Waals surface area (Å²) >= 11 is 0. The van der Waals surface area contributed by atoms with Crippen molar-refractivity contribution in [2.75, 3.05) is 5.32 Å². The summed E-state index contributed by atoms with van der Waals surface area (Å²) in [7, 11) is 0. The lowest BCUT2D eigenvalue weighted by Gasteiger charge is -2.23. The van der Waals surface area contributed by atoms with Crippen LogP contribution in [-0.2, 0) is 5.41 Å². The summed E-state index contributed by atoms with van der Waals surface area (Å²) in [6.45, 7) is 21.3. The second kappa shape index (κ2) is 11.3. The predicted molar refractivity (Wildman–Crippen MR) is 137 cm³/mol. The van der Waals surface area contributed by atoms with Gasteiger partial charge in [-0.3, -0.25) is 0 Å². The van der Waals surface area contributed by atoms with Crippen molar-refractivity contribution in [3.05, 3.63) is 89.0 Å². The summed E-state index contributed by atoms with van der Waals surface area (Å²) < 4.78 is 0. The predicted octanol–water partition coefficient (Wildman–Crippen LogP) is 8.38. The summed E-state index contributed by atoms with van der Waals surface area (Å²) in [5.41, 5.74) is 9.35. The van der Waals surface area contributed by atoms with E-state index in [0.29, 0.717) is 0 Å². The first-order valence-electron chi connectivity index (χ1n) is 10.6. The van der Waals surface area contributed by atoms with Gasteiger partial charge in [0.2, 0.25) is 0 Å². The van der Waals surface area contributed by atoms with Gasteiger partial charge < -0.3 is 5.32 Å². The molecule has 0 unspecified atom stereocenters. The van der Waals surface area contributed by atoms with E-state index in [9.17, 15) is 0 Å². The summed E-state index contributed by atoms with van der Waals surface area (Å²) in [6.07, 6.45) is 8.99. The molecule has 0 atom stereocenters. The third kappa shape index (κ3) is 6.82. The van der Waals surface area contributed by atoms with Crippen molar-refractivity contribution in [3.63, 3.8) is 0 Å². The molecule has 0 aliphatic heterocycles. The van der Waals surface area contributed by atoms with Crippen LogP contribution in [0.1, 0.15) is 70.7 Å².